The van der Waals surface area contributed by atoms with Crippen LogP contribution in [0.4, 0.5) is 0 Å². The first kappa shape index (κ1) is 62.8. The number of carboxylic acids is 1. The Morgan fingerprint density at radius 2 is 0.769 bits per heavy atom. The van der Waals surface area contributed by atoms with Crippen molar-refractivity contribution in [2.75, 3.05) is 41.0 Å². The third-order valence-corrected chi connectivity index (χ3v) is 12.8. The van der Waals surface area contributed by atoms with Crippen LogP contribution in [0.3, 0.4) is 0 Å². The summed E-state index contributed by atoms with van der Waals surface area (Å²) in [6, 6.07) is -0.615. The molecular formula is C57H108NO7+. The van der Waals surface area contributed by atoms with E-state index in [1.54, 1.807) is 0 Å². The van der Waals surface area contributed by atoms with Gasteiger partial charge in [-0.15, -0.1) is 0 Å². The van der Waals surface area contributed by atoms with E-state index in [4.69, 9.17) is 14.2 Å². The Morgan fingerprint density at radius 3 is 1.11 bits per heavy atom. The van der Waals surface area contributed by atoms with E-state index in [1.807, 2.05) is 21.1 Å². The number of allylic oxidation sites excluding steroid dienone is 4. The van der Waals surface area contributed by atoms with Crippen LogP contribution in [-0.4, -0.2) is 80.6 Å². The third kappa shape index (κ3) is 46.7. The Labute approximate surface area is 402 Å². The van der Waals surface area contributed by atoms with E-state index < -0.39 is 18.1 Å². The van der Waals surface area contributed by atoms with Crippen LogP contribution in [-0.2, 0) is 28.6 Å². The Morgan fingerprint density at radius 1 is 0.446 bits per heavy atom. The third-order valence-electron chi connectivity index (χ3n) is 12.8. The van der Waals surface area contributed by atoms with E-state index in [0.29, 0.717) is 19.3 Å². The maximum atomic E-state index is 12.8. The van der Waals surface area contributed by atoms with E-state index in [0.717, 1.165) is 38.5 Å². The molecule has 0 amide bonds. The largest absolute Gasteiger partial charge is 0.477 e. The SMILES string of the molecule is CCCCCCCCCC/C=C/CCCCCCCCCC(=O)OCC(COCCC(C(=O)O)[N+](C)(C)C)OC(=O)CCCCCCCCC/C=C/CCCCCCCCCCCCC. The number of unbranched alkanes of at least 4 members (excludes halogenated alkanes) is 33. The highest BCUT2D eigenvalue weighted by atomic mass is 16.6. The van der Waals surface area contributed by atoms with Gasteiger partial charge in [-0.1, -0.05) is 212 Å². The minimum absolute atomic E-state index is 0.0512. The highest BCUT2D eigenvalue weighted by Gasteiger charge is 2.31. The molecule has 0 rings (SSSR count). The quantitative estimate of drug-likeness (QED) is 0.0281. The second-order valence-electron chi connectivity index (χ2n) is 20.2. The summed E-state index contributed by atoms with van der Waals surface area (Å²) in [7, 11) is 5.55. The number of carbonyl (C=O) groups is 3. The minimum Gasteiger partial charge on any atom is -0.477 e. The van der Waals surface area contributed by atoms with Gasteiger partial charge in [0.25, 0.3) is 0 Å². The minimum atomic E-state index is -0.873. The van der Waals surface area contributed by atoms with Gasteiger partial charge >= 0.3 is 17.9 Å². The Balaban J connectivity index is 4.19. The maximum absolute atomic E-state index is 12.8. The first-order valence-corrected chi connectivity index (χ1v) is 27.9. The molecule has 0 heterocycles. The molecule has 2 atom stereocenters. The first-order valence-electron chi connectivity index (χ1n) is 27.9. The van der Waals surface area contributed by atoms with E-state index in [-0.39, 0.29) is 36.2 Å². The number of hydrogen-bond acceptors (Lipinski definition) is 6. The first-order chi connectivity index (χ1) is 31.6. The molecule has 8 heteroatoms. The molecule has 0 aromatic rings. The van der Waals surface area contributed by atoms with Crippen molar-refractivity contribution in [1.82, 2.24) is 0 Å². The zero-order valence-electron chi connectivity index (χ0n) is 43.7. The lowest BCUT2D eigenvalue weighted by molar-refractivity contribution is -0.887. The molecular weight excluding hydrogens is 811 g/mol. The Kier molecular flexibility index (Phi) is 46.6. The van der Waals surface area contributed by atoms with Crippen LogP contribution in [0.2, 0.25) is 0 Å². The van der Waals surface area contributed by atoms with Crippen molar-refractivity contribution < 1.29 is 38.2 Å². The molecule has 0 saturated heterocycles. The molecule has 0 aliphatic heterocycles. The smallest absolute Gasteiger partial charge is 0.362 e. The molecule has 8 nitrogen and oxygen atoms in total. The summed E-state index contributed by atoms with van der Waals surface area (Å²) >= 11 is 0. The number of nitrogens with zero attached hydrogens (tertiary/aromatic N) is 1. The molecule has 0 aliphatic rings. The van der Waals surface area contributed by atoms with Gasteiger partial charge in [0.05, 0.1) is 34.4 Å². The monoisotopic (exact) mass is 919 g/mol. The molecule has 65 heavy (non-hydrogen) atoms. The average Bonchev–Trinajstić information content (AvgIpc) is 3.27. The van der Waals surface area contributed by atoms with Crippen molar-refractivity contribution in [2.24, 2.45) is 0 Å². The van der Waals surface area contributed by atoms with Crippen LogP contribution in [0.1, 0.15) is 271 Å². The Bertz CT molecular complexity index is 1120. The van der Waals surface area contributed by atoms with Gasteiger partial charge < -0.3 is 23.8 Å². The zero-order valence-corrected chi connectivity index (χ0v) is 43.7. The van der Waals surface area contributed by atoms with Gasteiger partial charge in [0, 0.05) is 19.3 Å². The lowest BCUT2D eigenvalue weighted by atomic mass is 10.0. The fraction of sp³-hybridized carbons (Fsp3) is 0.877. The number of esters is 2. The predicted molar refractivity (Wildman–Crippen MR) is 275 cm³/mol. The highest BCUT2D eigenvalue weighted by Crippen LogP contribution is 2.16. The maximum Gasteiger partial charge on any atom is 0.362 e. The second kappa shape index (κ2) is 48.3. The fourth-order valence-corrected chi connectivity index (χ4v) is 8.50. The van der Waals surface area contributed by atoms with E-state index >= 15 is 0 Å². The van der Waals surface area contributed by atoms with Gasteiger partial charge in [-0.2, -0.15) is 0 Å². The number of carboxylic acid groups (broad SMARTS) is 1. The van der Waals surface area contributed by atoms with E-state index in [1.165, 1.54) is 199 Å². The van der Waals surface area contributed by atoms with Gasteiger partial charge in [-0.05, 0) is 64.2 Å². The van der Waals surface area contributed by atoms with E-state index in [9.17, 15) is 19.5 Å². The van der Waals surface area contributed by atoms with E-state index in [2.05, 4.69) is 38.2 Å². The standard InChI is InChI=1S/C57H107NO7/c1-6-8-10-12-14-16-18-20-22-24-26-27-28-30-32-34-36-38-40-42-44-46-48-56(60)65-53(51-63-50-49-54(57(61)62)58(3,4)5)52-64-55(59)47-45-43-41-39-37-35-33-31-29-25-23-21-19-17-15-13-11-9-7-2/h25,28-30,53-54H,6-24,26-27,31-52H2,1-5H3/p+1/b29-25+,30-28+. The number of aliphatic carboxylic acids is 1. The van der Waals surface area contributed by atoms with Crippen molar-refractivity contribution >= 4 is 17.9 Å². The van der Waals surface area contributed by atoms with Crippen molar-refractivity contribution in [3.63, 3.8) is 0 Å². The van der Waals surface area contributed by atoms with Crippen LogP contribution in [0.15, 0.2) is 24.3 Å². The van der Waals surface area contributed by atoms with Gasteiger partial charge in [0.1, 0.15) is 6.61 Å². The van der Waals surface area contributed by atoms with Crippen LogP contribution in [0.5, 0.6) is 0 Å². The second-order valence-corrected chi connectivity index (χ2v) is 20.2. The van der Waals surface area contributed by atoms with Gasteiger partial charge in [0.15, 0.2) is 12.1 Å². The number of carbonyl (C=O) groups excluding carboxylic acids is 2. The Hall–Kier alpha value is -2.19. The topological polar surface area (TPSA) is 99.1 Å². The van der Waals surface area contributed by atoms with Crippen LogP contribution < -0.4 is 0 Å². The molecule has 382 valence electrons. The van der Waals surface area contributed by atoms with Crippen molar-refractivity contribution in [3.05, 3.63) is 24.3 Å². The highest BCUT2D eigenvalue weighted by molar-refractivity contribution is 5.72. The molecule has 1 N–H and O–H groups in total. The number of likely N-dealkylation sites (N-methyl/N-ethyl adjacent to an activating group) is 1. The summed E-state index contributed by atoms with van der Waals surface area (Å²) in [5.74, 6) is -1.46. The van der Waals surface area contributed by atoms with Gasteiger partial charge in [0.2, 0.25) is 0 Å². The fourth-order valence-electron chi connectivity index (χ4n) is 8.50. The van der Waals surface area contributed by atoms with Crippen LogP contribution >= 0.6 is 0 Å². The van der Waals surface area contributed by atoms with Crippen molar-refractivity contribution in [1.29, 1.82) is 0 Å². The molecule has 0 spiro atoms. The molecule has 0 radical (unpaired) electrons. The number of rotatable bonds is 51. The predicted octanol–water partition coefficient (Wildman–Crippen LogP) is 16.4. The summed E-state index contributed by atoms with van der Waals surface area (Å²) in [6.07, 6.45) is 56.6. The lowest BCUT2D eigenvalue weighted by Gasteiger charge is -2.31. The van der Waals surface area contributed by atoms with Crippen molar-refractivity contribution in [2.45, 2.75) is 283 Å². The summed E-state index contributed by atoms with van der Waals surface area (Å²) < 4.78 is 17.4. The molecule has 0 aromatic carbocycles. The molecule has 0 saturated carbocycles. The summed E-state index contributed by atoms with van der Waals surface area (Å²) in [5, 5.41) is 9.67. The van der Waals surface area contributed by atoms with Gasteiger partial charge in [-0.25, -0.2) is 4.79 Å². The summed E-state index contributed by atoms with van der Waals surface area (Å²) in [5.41, 5.74) is 0. The molecule has 0 aliphatic carbocycles. The molecule has 0 bridgehead atoms. The molecule has 0 fully saturated rings. The summed E-state index contributed by atoms with van der Waals surface area (Å²) in [4.78, 5) is 37.2. The number of hydrogen-bond donors (Lipinski definition) is 1. The number of quaternary nitrogens is 1. The normalized spacial score (nSPS) is 12.9. The zero-order chi connectivity index (χ0) is 47.7. The lowest BCUT2D eigenvalue weighted by Crippen LogP contribution is -2.50. The van der Waals surface area contributed by atoms with Gasteiger partial charge in [-0.3, -0.25) is 9.59 Å². The molecule has 0 aromatic heterocycles. The average molecular weight is 919 g/mol. The number of ether oxygens (including phenoxy) is 3. The molecule has 2 unspecified atom stereocenters. The summed E-state index contributed by atoms with van der Waals surface area (Å²) in [6.45, 7) is 4.78. The van der Waals surface area contributed by atoms with Crippen molar-refractivity contribution in [3.8, 4) is 0 Å². The van der Waals surface area contributed by atoms with Crippen LogP contribution in [0.25, 0.3) is 0 Å². The van der Waals surface area contributed by atoms with Crippen LogP contribution in [0, 0.1) is 0 Å².